The van der Waals surface area contributed by atoms with Crippen LogP contribution in [0.3, 0.4) is 0 Å². The van der Waals surface area contributed by atoms with Crippen molar-refractivity contribution >= 4 is 34.6 Å². The maximum Gasteiger partial charge on any atom is 0.277 e. The van der Waals surface area contributed by atoms with E-state index in [9.17, 15) is 9.59 Å². The van der Waals surface area contributed by atoms with Gasteiger partial charge in [0, 0.05) is 17.3 Å². The van der Waals surface area contributed by atoms with Gasteiger partial charge in [0.2, 0.25) is 0 Å². The molecule has 9 nitrogen and oxygen atoms in total. The zero-order valence-electron chi connectivity index (χ0n) is 26.6. The molecule has 0 radical (unpaired) electrons. The number of carbonyl (C=O) groups excluding carboxylic acids is 2. The standard InChI is InChI=1S/C38H40N4O5/c1-2-45-34-18-25(22-40-42-36(44)24-47-33-7-3-5-29-6-4-14-39-37(29)33)8-13-32(34)46-23-35(43)41-31-11-9-30(10-12-31)38-19-26-15-27(20-38)17-28(16-26)21-38/h3-14,18,22,26-28H,2,15-17,19-21,23-24H2,1H3,(H,41,43)(H,42,44)/b40-22-. The van der Waals surface area contributed by atoms with Crippen LogP contribution < -0.4 is 25.0 Å². The van der Waals surface area contributed by atoms with E-state index in [1.165, 1.54) is 50.3 Å². The molecular weight excluding hydrogens is 592 g/mol. The molecule has 242 valence electrons. The Morgan fingerprint density at radius 3 is 2.28 bits per heavy atom. The molecule has 4 bridgehead atoms. The van der Waals surface area contributed by atoms with E-state index >= 15 is 0 Å². The van der Waals surface area contributed by atoms with Gasteiger partial charge in [-0.05, 0) is 122 Å². The third kappa shape index (κ3) is 6.94. The molecule has 0 spiro atoms. The van der Waals surface area contributed by atoms with Crippen molar-refractivity contribution in [2.24, 2.45) is 22.9 Å². The molecule has 1 heterocycles. The van der Waals surface area contributed by atoms with Gasteiger partial charge in [-0.3, -0.25) is 14.6 Å². The van der Waals surface area contributed by atoms with Crippen LogP contribution in [0, 0.1) is 17.8 Å². The first-order valence-corrected chi connectivity index (χ1v) is 16.5. The Labute approximate surface area is 274 Å². The first-order valence-electron chi connectivity index (χ1n) is 16.5. The summed E-state index contributed by atoms with van der Waals surface area (Å²) in [5.74, 6) is 3.47. The number of fused-ring (bicyclic) bond motifs is 1. The maximum atomic E-state index is 12.8. The molecule has 3 aromatic carbocycles. The number of amides is 2. The number of hydrogen-bond donors (Lipinski definition) is 2. The highest BCUT2D eigenvalue weighted by atomic mass is 16.5. The fraction of sp³-hybridized carbons (Fsp3) is 0.368. The van der Waals surface area contributed by atoms with Gasteiger partial charge in [0.25, 0.3) is 11.8 Å². The average molecular weight is 633 g/mol. The van der Waals surface area contributed by atoms with Crippen molar-refractivity contribution in [3.8, 4) is 17.2 Å². The highest BCUT2D eigenvalue weighted by Crippen LogP contribution is 2.60. The highest BCUT2D eigenvalue weighted by molar-refractivity contribution is 5.92. The molecular formula is C38H40N4O5. The number of carbonyl (C=O) groups is 2. The van der Waals surface area contributed by atoms with Gasteiger partial charge in [0.05, 0.1) is 12.8 Å². The molecule has 0 unspecified atom stereocenters. The second-order valence-corrected chi connectivity index (χ2v) is 13.2. The number of rotatable bonds is 12. The van der Waals surface area contributed by atoms with Crippen LogP contribution in [0.1, 0.15) is 56.6 Å². The molecule has 4 aliphatic carbocycles. The summed E-state index contributed by atoms with van der Waals surface area (Å²) in [5.41, 5.74) is 6.39. The van der Waals surface area contributed by atoms with Gasteiger partial charge in [-0.1, -0.05) is 30.3 Å². The summed E-state index contributed by atoms with van der Waals surface area (Å²) in [5, 5.41) is 7.94. The normalized spacial score (nSPS) is 22.7. The van der Waals surface area contributed by atoms with Gasteiger partial charge in [-0.25, -0.2) is 5.43 Å². The topological polar surface area (TPSA) is 111 Å². The summed E-state index contributed by atoms with van der Waals surface area (Å²) in [6, 6.07) is 23.1. The number of hydrazone groups is 1. The number of para-hydroxylation sites is 1. The lowest BCUT2D eigenvalue weighted by Gasteiger charge is -2.57. The van der Waals surface area contributed by atoms with E-state index in [1.807, 2.05) is 43.3 Å². The van der Waals surface area contributed by atoms with Crippen LogP contribution in [0.5, 0.6) is 17.2 Å². The van der Waals surface area contributed by atoms with E-state index in [-0.39, 0.29) is 19.1 Å². The molecule has 0 atom stereocenters. The van der Waals surface area contributed by atoms with E-state index in [2.05, 4.69) is 33.0 Å². The van der Waals surface area contributed by atoms with Crippen LogP contribution in [0.25, 0.3) is 10.9 Å². The minimum absolute atomic E-state index is 0.160. The minimum Gasteiger partial charge on any atom is -0.490 e. The molecule has 4 saturated carbocycles. The van der Waals surface area contributed by atoms with Gasteiger partial charge >= 0.3 is 0 Å². The van der Waals surface area contributed by atoms with Crippen molar-refractivity contribution in [1.29, 1.82) is 0 Å². The monoisotopic (exact) mass is 632 g/mol. The summed E-state index contributed by atoms with van der Waals surface area (Å²) in [6.45, 7) is 1.91. The maximum absolute atomic E-state index is 12.8. The Hall–Kier alpha value is -4.92. The molecule has 9 heteroatoms. The quantitative estimate of drug-likeness (QED) is 0.134. The molecule has 8 rings (SSSR count). The third-order valence-corrected chi connectivity index (χ3v) is 9.80. The smallest absolute Gasteiger partial charge is 0.277 e. The predicted octanol–water partition coefficient (Wildman–Crippen LogP) is 6.65. The van der Waals surface area contributed by atoms with Crippen molar-refractivity contribution in [3.05, 3.63) is 90.1 Å². The lowest BCUT2D eigenvalue weighted by molar-refractivity contribution is -0.123. The van der Waals surface area contributed by atoms with Crippen molar-refractivity contribution < 1.29 is 23.8 Å². The number of ether oxygens (including phenoxy) is 3. The van der Waals surface area contributed by atoms with Crippen molar-refractivity contribution in [2.45, 2.75) is 50.9 Å². The summed E-state index contributed by atoms with van der Waals surface area (Å²) >= 11 is 0. The van der Waals surface area contributed by atoms with Gasteiger partial charge < -0.3 is 19.5 Å². The number of benzene rings is 3. The van der Waals surface area contributed by atoms with Crippen LogP contribution in [0.15, 0.2) is 84.1 Å². The number of nitrogens with one attached hydrogen (secondary N) is 2. The molecule has 2 amide bonds. The van der Waals surface area contributed by atoms with Gasteiger partial charge in [-0.15, -0.1) is 0 Å². The molecule has 4 aliphatic rings. The van der Waals surface area contributed by atoms with Gasteiger partial charge in [0.1, 0.15) is 11.3 Å². The van der Waals surface area contributed by atoms with Crippen LogP contribution >= 0.6 is 0 Å². The number of pyridine rings is 1. The summed E-state index contributed by atoms with van der Waals surface area (Å²) in [4.78, 5) is 29.5. The molecule has 4 fully saturated rings. The van der Waals surface area contributed by atoms with Crippen molar-refractivity contribution in [2.75, 3.05) is 25.1 Å². The SMILES string of the molecule is CCOc1cc(/C=N\NC(=O)COc2cccc3cccnc23)ccc1OCC(=O)Nc1ccc(C23CC4CC(CC(C4)C2)C3)cc1. The summed E-state index contributed by atoms with van der Waals surface area (Å²) in [6.07, 6.45) is 11.4. The fourth-order valence-electron chi connectivity index (χ4n) is 8.25. The average Bonchev–Trinajstić information content (AvgIpc) is 3.07. The first-order chi connectivity index (χ1) is 23.0. The molecule has 4 aromatic rings. The van der Waals surface area contributed by atoms with E-state index in [1.54, 1.807) is 30.5 Å². The zero-order chi connectivity index (χ0) is 32.2. The lowest BCUT2D eigenvalue weighted by atomic mass is 9.48. The Kier molecular flexibility index (Phi) is 8.78. The van der Waals surface area contributed by atoms with Gasteiger partial charge in [-0.2, -0.15) is 5.10 Å². The summed E-state index contributed by atoms with van der Waals surface area (Å²) in [7, 11) is 0. The number of hydrogen-bond acceptors (Lipinski definition) is 7. The Morgan fingerprint density at radius 1 is 0.830 bits per heavy atom. The number of nitrogens with zero attached hydrogens (tertiary/aromatic N) is 2. The Morgan fingerprint density at radius 2 is 1.53 bits per heavy atom. The van der Waals surface area contributed by atoms with Crippen LogP contribution in [-0.2, 0) is 15.0 Å². The van der Waals surface area contributed by atoms with Crippen LogP contribution in [-0.4, -0.2) is 42.8 Å². The number of anilines is 1. The molecule has 1 aromatic heterocycles. The first kappa shape index (κ1) is 30.7. The fourth-order valence-corrected chi connectivity index (χ4v) is 8.25. The van der Waals surface area contributed by atoms with E-state index < -0.39 is 5.91 Å². The van der Waals surface area contributed by atoms with E-state index in [0.717, 1.165) is 28.8 Å². The molecule has 2 N–H and O–H groups in total. The van der Waals surface area contributed by atoms with E-state index in [4.69, 9.17) is 14.2 Å². The summed E-state index contributed by atoms with van der Waals surface area (Å²) < 4.78 is 17.3. The second kappa shape index (κ2) is 13.4. The minimum atomic E-state index is -0.410. The predicted molar refractivity (Wildman–Crippen MR) is 181 cm³/mol. The Bertz CT molecular complexity index is 1750. The Balaban J connectivity index is 0.901. The molecule has 47 heavy (non-hydrogen) atoms. The van der Waals surface area contributed by atoms with Crippen molar-refractivity contribution in [3.63, 3.8) is 0 Å². The second-order valence-electron chi connectivity index (χ2n) is 13.2. The molecule has 0 saturated heterocycles. The zero-order valence-corrected chi connectivity index (χ0v) is 26.6. The van der Waals surface area contributed by atoms with Crippen LogP contribution in [0.4, 0.5) is 5.69 Å². The van der Waals surface area contributed by atoms with Crippen molar-refractivity contribution in [1.82, 2.24) is 10.4 Å². The van der Waals surface area contributed by atoms with E-state index in [0.29, 0.717) is 40.4 Å². The molecule has 0 aliphatic heterocycles. The largest absolute Gasteiger partial charge is 0.490 e. The van der Waals surface area contributed by atoms with Crippen LogP contribution in [0.2, 0.25) is 0 Å². The lowest BCUT2D eigenvalue weighted by Crippen LogP contribution is -2.48. The third-order valence-electron chi connectivity index (χ3n) is 9.80. The highest BCUT2D eigenvalue weighted by Gasteiger charge is 2.51. The van der Waals surface area contributed by atoms with Gasteiger partial charge in [0.15, 0.2) is 24.7 Å². The number of aromatic nitrogens is 1.